The van der Waals surface area contributed by atoms with Crippen LogP contribution in [0.3, 0.4) is 0 Å². The molecule has 4 rings (SSSR count). The zero-order valence-electron chi connectivity index (χ0n) is 23.8. The molecule has 0 spiro atoms. The number of carbonyl (C=O) groups is 2. The van der Waals surface area contributed by atoms with Gasteiger partial charge in [0, 0.05) is 29.1 Å². The molecule has 3 aromatic rings. The highest BCUT2D eigenvalue weighted by Crippen LogP contribution is 2.24. The maximum absolute atomic E-state index is 12.7. The van der Waals surface area contributed by atoms with Crippen molar-refractivity contribution in [1.29, 1.82) is 0 Å². The first-order chi connectivity index (χ1) is 18.7. The van der Waals surface area contributed by atoms with Gasteiger partial charge in [-0.2, -0.15) is 0 Å². The van der Waals surface area contributed by atoms with Crippen LogP contribution in [0.1, 0.15) is 60.1 Å². The minimum Gasteiger partial charge on any atom is -0.379 e. The van der Waals surface area contributed by atoms with E-state index in [2.05, 4.69) is 18.7 Å². The minimum atomic E-state index is -0.527. The molecular weight excluding hydrogens is 506 g/mol. The van der Waals surface area contributed by atoms with E-state index < -0.39 is 11.6 Å². The molecule has 1 aliphatic rings. The summed E-state index contributed by atoms with van der Waals surface area (Å²) in [5, 5.41) is 0. The molecule has 5 nitrogen and oxygen atoms in total. The van der Waals surface area contributed by atoms with Gasteiger partial charge < -0.3 is 9.47 Å². The fourth-order valence-electron chi connectivity index (χ4n) is 4.36. The van der Waals surface area contributed by atoms with Crippen molar-refractivity contribution in [1.82, 2.24) is 4.90 Å². The van der Waals surface area contributed by atoms with Crippen LogP contribution in [0.4, 0.5) is 0 Å². The summed E-state index contributed by atoms with van der Waals surface area (Å²) in [6, 6.07) is 26.9. The summed E-state index contributed by atoms with van der Waals surface area (Å²) >= 11 is 1.69. The predicted molar refractivity (Wildman–Crippen MR) is 160 cm³/mol. The van der Waals surface area contributed by atoms with Crippen LogP contribution in [0.2, 0.25) is 0 Å². The average Bonchev–Trinajstić information content (AvgIpc) is 2.98. The van der Waals surface area contributed by atoms with Crippen LogP contribution in [-0.2, 0) is 9.47 Å². The minimum absolute atomic E-state index is 0.0115. The topological polar surface area (TPSA) is 55.8 Å². The fourth-order valence-corrected chi connectivity index (χ4v) is 4.76. The van der Waals surface area contributed by atoms with Gasteiger partial charge in [-0.05, 0) is 43.7 Å². The highest BCUT2D eigenvalue weighted by molar-refractivity contribution is 7.98. The SMILES string of the molecule is CC(C)COC(C(=O)c1ccccc1)c1ccccc1.CSc1ccc(C(=O)C(C)(C)N2CCOCC2)cc1. The molecule has 1 heterocycles. The second-order valence-corrected chi connectivity index (χ2v) is 11.3. The third-order valence-corrected chi connectivity index (χ3v) is 7.45. The Bertz CT molecular complexity index is 1160. The van der Waals surface area contributed by atoms with E-state index >= 15 is 0 Å². The van der Waals surface area contributed by atoms with Gasteiger partial charge in [0.25, 0.3) is 0 Å². The lowest BCUT2D eigenvalue weighted by Crippen LogP contribution is -2.54. The summed E-state index contributed by atoms with van der Waals surface area (Å²) in [6.45, 7) is 11.8. The van der Waals surface area contributed by atoms with Crippen LogP contribution >= 0.6 is 11.8 Å². The lowest BCUT2D eigenvalue weighted by atomic mass is 9.91. The maximum atomic E-state index is 12.7. The number of nitrogens with zero attached hydrogens (tertiary/aromatic N) is 1. The Morgan fingerprint density at radius 2 is 1.44 bits per heavy atom. The standard InChI is InChI=1S/C18H20O2.C15H21NO2S/c1-14(2)13-20-18(16-11-7-4-8-12-16)17(19)15-9-5-3-6-10-15;1-15(2,16-8-10-18-11-9-16)14(17)12-4-6-13(19-3)7-5-12/h3-12,14,18H,13H2,1-2H3;4-7H,8-11H2,1-3H3. The molecule has 0 radical (unpaired) electrons. The van der Waals surface area contributed by atoms with Gasteiger partial charge in [0.05, 0.1) is 25.4 Å². The molecule has 3 aromatic carbocycles. The third-order valence-electron chi connectivity index (χ3n) is 6.70. The Balaban J connectivity index is 0.000000216. The van der Waals surface area contributed by atoms with Crippen molar-refractivity contribution >= 4 is 23.3 Å². The van der Waals surface area contributed by atoms with Gasteiger partial charge in [-0.25, -0.2) is 0 Å². The van der Waals surface area contributed by atoms with E-state index in [0.717, 1.165) is 24.2 Å². The van der Waals surface area contributed by atoms with Crippen molar-refractivity contribution in [3.05, 3.63) is 102 Å². The van der Waals surface area contributed by atoms with Crippen LogP contribution in [0.15, 0.2) is 89.8 Å². The number of ketones is 2. The van der Waals surface area contributed by atoms with Crippen molar-refractivity contribution in [2.24, 2.45) is 5.92 Å². The molecule has 1 fully saturated rings. The molecule has 6 heteroatoms. The first-order valence-corrected chi connectivity index (χ1v) is 14.7. The van der Waals surface area contributed by atoms with Crippen molar-refractivity contribution in [2.45, 2.75) is 44.2 Å². The number of carbonyl (C=O) groups excluding carboxylic acids is 2. The summed E-state index contributed by atoms with van der Waals surface area (Å²) in [7, 11) is 0. The van der Waals surface area contributed by atoms with Gasteiger partial charge in [0.2, 0.25) is 0 Å². The van der Waals surface area contributed by atoms with Crippen molar-refractivity contribution in [3.8, 4) is 0 Å². The third kappa shape index (κ3) is 8.87. The van der Waals surface area contributed by atoms with E-state index in [1.165, 1.54) is 4.90 Å². The van der Waals surface area contributed by atoms with Crippen LogP contribution < -0.4 is 0 Å². The molecule has 1 saturated heterocycles. The second-order valence-electron chi connectivity index (χ2n) is 10.5. The highest BCUT2D eigenvalue weighted by atomic mass is 32.2. The number of hydrogen-bond acceptors (Lipinski definition) is 6. The summed E-state index contributed by atoms with van der Waals surface area (Å²) in [6.07, 6.45) is 1.51. The number of thioether (sulfide) groups is 1. The number of rotatable bonds is 10. The molecule has 1 atom stereocenters. The molecule has 0 N–H and O–H groups in total. The largest absolute Gasteiger partial charge is 0.379 e. The summed E-state index contributed by atoms with van der Waals surface area (Å²) in [5.74, 6) is 0.587. The Kier molecular flexibility index (Phi) is 11.9. The Morgan fingerprint density at radius 1 is 0.872 bits per heavy atom. The number of benzene rings is 3. The van der Waals surface area contributed by atoms with Crippen molar-refractivity contribution < 1.29 is 19.1 Å². The number of morpholine rings is 1. The van der Waals surface area contributed by atoms with E-state index in [-0.39, 0.29) is 11.6 Å². The molecule has 39 heavy (non-hydrogen) atoms. The van der Waals surface area contributed by atoms with Gasteiger partial charge in [0.15, 0.2) is 11.6 Å². The number of hydrogen-bond donors (Lipinski definition) is 0. The molecular formula is C33H41NO4S. The molecule has 0 saturated carbocycles. The first-order valence-electron chi connectivity index (χ1n) is 13.5. The number of Topliss-reactive ketones (excluding diaryl/α,β-unsaturated/α-hetero) is 2. The van der Waals surface area contributed by atoms with E-state index in [1.54, 1.807) is 11.8 Å². The second kappa shape index (κ2) is 15.1. The predicted octanol–water partition coefficient (Wildman–Crippen LogP) is 6.99. The monoisotopic (exact) mass is 547 g/mol. The highest BCUT2D eigenvalue weighted by Gasteiger charge is 2.35. The molecule has 0 aliphatic carbocycles. The van der Waals surface area contributed by atoms with Gasteiger partial charge in [-0.15, -0.1) is 11.8 Å². The quantitative estimate of drug-likeness (QED) is 0.202. The Morgan fingerprint density at radius 3 is 1.97 bits per heavy atom. The van der Waals surface area contributed by atoms with E-state index in [4.69, 9.17) is 9.47 Å². The summed E-state index contributed by atoms with van der Waals surface area (Å²) in [4.78, 5) is 28.7. The molecule has 0 amide bonds. The zero-order valence-corrected chi connectivity index (χ0v) is 24.6. The summed E-state index contributed by atoms with van der Waals surface area (Å²) < 4.78 is 11.2. The average molecular weight is 548 g/mol. The lowest BCUT2D eigenvalue weighted by Gasteiger charge is -2.39. The van der Waals surface area contributed by atoms with Gasteiger partial charge in [-0.1, -0.05) is 86.6 Å². The van der Waals surface area contributed by atoms with E-state index in [1.807, 2.05) is 105 Å². The molecule has 208 valence electrons. The van der Waals surface area contributed by atoms with Crippen LogP contribution in [-0.4, -0.2) is 61.2 Å². The van der Waals surface area contributed by atoms with Gasteiger partial charge >= 0.3 is 0 Å². The number of ether oxygens (including phenoxy) is 2. The fraction of sp³-hybridized carbons (Fsp3) is 0.394. The lowest BCUT2D eigenvalue weighted by molar-refractivity contribution is -0.00430. The van der Waals surface area contributed by atoms with Crippen LogP contribution in [0.25, 0.3) is 0 Å². The molecule has 0 aromatic heterocycles. The maximum Gasteiger partial charge on any atom is 0.196 e. The smallest absolute Gasteiger partial charge is 0.196 e. The zero-order chi connectivity index (χ0) is 28.3. The van der Waals surface area contributed by atoms with Gasteiger partial charge in [0.1, 0.15) is 6.10 Å². The molecule has 1 aliphatic heterocycles. The van der Waals surface area contributed by atoms with Crippen LogP contribution in [0.5, 0.6) is 0 Å². The van der Waals surface area contributed by atoms with E-state index in [0.29, 0.717) is 31.3 Å². The van der Waals surface area contributed by atoms with Crippen molar-refractivity contribution in [3.63, 3.8) is 0 Å². The van der Waals surface area contributed by atoms with E-state index in [9.17, 15) is 9.59 Å². The van der Waals surface area contributed by atoms with Crippen LogP contribution in [0, 0.1) is 5.92 Å². The van der Waals surface area contributed by atoms with Gasteiger partial charge in [-0.3, -0.25) is 14.5 Å². The summed E-state index contributed by atoms with van der Waals surface area (Å²) in [5.41, 5.74) is 1.91. The normalized spacial score (nSPS) is 14.8. The van der Waals surface area contributed by atoms with Crippen molar-refractivity contribution in [2.75, 3.05) is 39.2 Å². The molecule has 1 unspecified atom stereocenters. The molecule has 0 bridgehead atoms. The Hall–Kier alpha value is -2.77. The first kappa shape index (κ1) is 30.8. The Labute approximate surface area is 237 Å².